The van der Waals surface area contributed by atoms with Crippen LogP contribution in [0, 0.1) is 0 Å². The van der Waals surface area contributed by atoms with Gasteiger partial charge in [0.15, 0.2) is 0 Å². The Morgan fingerprint density at radius 3 is 1.25 bits per heavy atom. The average Bonchev–Trinajstić information content (AvgIpc) is 3.24. The van der Waals surface area contributed by atoms with Gasteiger partial charge in [-0.3, -0.25) is 9.59 Å². The topological polar surface area (TPSA) is 95.9 Å². The van der Waals surface area contributed by atoms with Crippen molar-refractivity contribution in [2.45, 2.75) is 289 Å². The van der Waals surface area contributed by atoms with E-state index in [1.54, 1.807) is 0 Å². The second-order valence-corrected chi connectivity index (χ2v) is 17.8. The van der Waals surface area contributed by atoms with Crippen LogP contribution in [0.2, 0.25) is 0 Å². The van der Waals surface area contributed by atoms with E-state index in [-0.39, 0.29) is 18.5 Å². The Balaban J connectivity index is 3.49. The second-order valence-electron chi connectivity index (χ2n) is 17.8. The van der Waals surface area contributed by atoms with Crippen LogP contribution in [0.1, 0.15) is 277 Å². The zero-order valence-corrected chi connectivity index (χ0v) is 39.5. The van der Waals surface area contributed by atoms with Gasteiger partial charge in [0.2, 0.25) is 5.91 Å². The zero-order valence-electron chi connectivity index (χ0n) is 39.5. The van der Waals surface area contributed by atoms with Crippen LogP contribution in [-0.4, -0.2) is 47.4 Å². The van der Waals surface area contributed by atoms with Crippen LogP contribution in [0.15, 0.2) is 24.3 Å². The quantitative estimate of drug-likeness (QED) is 0.0322. The third kappa shape index (κ3) is 45.7. The van der Waals surface area contributed by atoms with Crippen molar-refractivity contribution in [2.24, 2.45) is 0 Å². The van der Waals surface area contributed by atoms with E-state index in [0.717, 1.165) is 70.6 Å². The molecule has 0 saturated carbocycles. The molecule has 0 aliphatic heterocycles. The van der Waals surface area contributed by atoms with Crippen LogP contribution in [0.3, 0.4) is 0 Å². The number of nitrogens with one attached hydrogen (secondary N) is 1. The minimum Gasteiger partial charge on any atom is -0.466 e. The summed E-state index contributed by atoms with van der Waals surface area (Å²) in [7, 11) is 0. The molecule has 6 heteroatoms. The smallest absolute Gasteiger partial charge is 0.305 e. The van der Waals surface area contributed by atoms with E-state index < -0.39 is 12.1 Å². The molecule has 0 radical (unpaired) electrons. The Hall–Kier alpha value is -1.66. The largest absolute Gasteiger partial charge is 0.466 e. The molecule has 2 atom stereocenters. The summed E-state index contributed by atoms with van der Waals surface area (Å²) in [6, 6.07) is -0.552. The highest BCUT2D eigenvalue weighted by Crippen LogP contribution is 2.16. The first-order valence-electron chi connectivity index (χ1n) is 26.1. The molecule has 0 fully saturated rings. The maximum Gasteiger partial charge on any atom is 0.305 e. The molecule has 0 aromatic carbocycles. The van der Waals surface area contributed by atoms with E-state index in [4.69, 9.17) is 4.74 Å². The van der Waals surface area contributed by atoms with Gasteiger partial charge in [-0.2, -0.15) is 0 Å². The fraction of sp³-hybridized carbons (Fsp3) is 0.887. The zero-order chi connectivity index (χ0) is 43.0. The van der Waals surface area contributed by atoms with Gasteiger partial charge in [-0.1, -0.05) is 218 Å². The molecule has 348 valence electrons. The molecule has 59 heavy (non-hydrogen) atoms. The van der Waals surface area contributed by atoms with Gasteiger partial charge in [0.25, 0.3) is 0 Å². The van der Waals surface area contributed by atoms with Gasteiger partial charge in [0, 0.05) is 12.8 Å². The number of aliphatic hydroxyl groups is 2. The summed E-state index contributed by atoms with van der Waals surface area (Å²) in [6.45, 7) is 4.88. The molecule has 0 spiro atoms. The molecule has 1 amide bonds. The molecule has 2 unspecified atom stereocenters. The minimum atomic E-state index is -0.674. The van der Waals surface area contributed by atoms with E-state index in [1.807, 2.05) is 0 Å². The fourth-order valence-corrected chi connectivity index (χ4v) is 7.91. The van der Waals surface area contributed by atoms with Crippen LogP contribution >= 0.6 is 0 Å². The lowest BCUT2D eigenvalue weighted by Gasteiger charge is -2.22. The minimum absolute atomic E-state index is 0.0212. The van der Waals surface area contributed by atoms with E-state index in [1.165, 1.54) is 173 Å². The molecular weight excluding hydrogens is 731 g/mol. The summed E-state index contributed by atoms with van der Waals surface area (Å²) >= 11 is 0. The average molecular weight is 832 g/mol. The maximum atomic E-state index is 12.5. The molecule has 3 N–H and O–H groups in total. The third-order valence-corrected chi connectivity index (χ3v) is 12.0. The first-order chi connectivity index (χ1) is 29.0. The third-order valence-electron chi connectivity index (χ3n) is 12.0. The van der Waals surface area contributed by atoms with Crippen molar-refractivity contribution in [1.29, 1.82) is 0 Å². The number of hydrogen-bond acceptors (Lipinski definition) is 5. The molecule has 0 heterocycles. The lowest BCUT2D eigenvalue weighted by atomic mass is 10.0. The van der Waals surface area contributed by atoms with E-state index in [2.05, 4.69) is 43.5 Å². The predicted octanol–water partition coefficient (Wildman–Crippen LogP) is 15.5. The molecule has 0 aromatic rings. The molecule has 0 bridgehead atoms. The molecule has 6 nitrogen and oxygen atoms in total. The number of amides is 1. The van der Waals surface area contributed by atoms with Crippen LogP contribution in [-0.2, 0) is 14.3 Å². The summed E-state index contributed by atoms with van der Waals surface area (Å²) in [4.78, 5) is 24.4. The van der Waals surface area contributed by atoms with Crippen LogP contribution in [0.25, 0.3) is 0 Å². The SMILES string of the molecule is CCCC/C=C\CCCCCCCC(=O)OCCCCCC/C=C\CCCCCCCCCC(=O)NC(CO)C(O)CCCCCCCCCCCCCCCCCC. The van der Waals surface area contributed by atoms with E-state index >= 15 is 0 Å². The first kappa shape index (κ1) is 57.3. The molecule has 0 aromatic heterocycles. The monoisotopic (exact) mass is 832 g/mol. The van der Waals surface area contributed by atoms with Crippen LogP contribution in [0.4, 0.5) is 0 Å². The first-order valence-corrected chi connectivity index (χ1v) is 26.1. The Bertz CT molecular complexity index is 920. The number of carbonyl (C=O) groups is 2. The second kappa shape index (κ2) is 49.0. The van der Waals surface area contributed by atoms with E-state index in [9.17, 15) is 19.8 Å². The molecular formula is C53H101NO5. The van der Waals surface area contributed by atoms with Gasteiger partial charge < -0.3 is 20.3 Å². The highest BCUT2D eigenvalue weighted by atomic mass is 16.5. The van der Waals surface area contributed by atoms with Gasteiger partial charge in [-0.25, -0.2) is 0 Å². The summed E-state index contributed by atoms with van der Waals surface area (Å²) < 4.78 is 5.43. The number of unbranched alkanes of at least 4 members (excludes halogenated alkanes) is 33. The van der Waals surface area contributed by atoms with Crippen molar-refractivity contribution in [1.82, 2.24) is 5.32 Å². The number of ether oxygens (including phenoxy) is 1. The number of allylic oxidation sites excluding steroid dienone is 4. The Kier molecular flexibility index (Phi) is 47.6. The Labute approximate surface area is 367 Å². The Morgan fingerprint density at radius 2 is 0.814 bits per heavy atom. The summed E-state index contributed by atoms with van der Waals surface area (Å²) in [6.07, 6.45) is 57.2. The molecule has 0 saturated heterocycles. The maximum absolute atomic E-state index is 12.5. The highest BCUT2D eigenvalue weighted by molar-refractivity contribution is 5.76. The number of carbonyl (C=O) groups excluding carboxylic acids is 2. The normalized spacial score (nSPS) is 12.8. The van der Waals surface area contributed by atoms with Gasteiger partial charge in [-0.05, 0) is 70.6 Å². The molecule has 0 aliphatic carbocycles. The van der Waals surface area contributed by atoms with Crippen molar-refractivity contribution in [3.63, 3.8) is 0 Å². The van der Waals surface area contributed by atoms with Crippen molar-refractivity contribution in [3.05, 3.63) is 24.3 Å². The standard InChI is InChI=1S/C53H101NO5/c1-3-5-7-9-11-13-15-16-17-19-22-26-29-33-37-41-45-51(56)50(49-55)54-52(57)46-42-38-34-30-27-23-20-18-21-24-28-32-36-40-44-48-59-53(58)47-43-39-35-31-25-14-12-10-8-6-4-2/h10,12,21,24,50-51,55-56H,3-9,11,13-20,22-23,25-49H2,1-2H3,(H,54,57)/b12-10-,24-21-. The summed E-state index contributed by atoms with van der Waals surface area (Å²) in [5, 5.41) is 23.2. The van der Waals surface area contributed by atoms with Crippen LogP contribution in [0.5, 0.6) is 0 Å². The lowest BCUT2D eigenvalue weighted by molar-refractivity contribution is -0.143. The summed E-state index contributed by atoms with van der Waals surface area (Å²) in [5.41, 5.74) is 0. The fourth-order valence-electron chi connectivity index (χ4n) is 7.91. The summed E-state index contributed by atoms with van der Waals surface area (Å²) in [5.74, 6) is -0.0710. The number of esters is 1. The number of rotatable bonds is 48. The van der Waals surface area contributed by atoms with Crippen molar-refractivity contribution in [3.8, 4) is 0 Å². The number of aliphatic hydroxyl groups excluding tert-OH is 2. The van der Waals surface area contributed by atoms with Crippen molar-refractivity contribution < 1.29 is 24.5 Å². The van der Waals surface area contributed by atoms with Gasteiger partial charge in [0.1, 0.15) is 0 Å². The lowest BCUT2D eigenvalue weighted by Crippen LogP contribution is -2.45. The predicted molar refractivity (Wildman–Crippen MR) is 255 cm³/mol. The van der Waals surface area contributed by atoms with Crippen LogP contribution < -0.4 is 5.32 Å². The molecule has 0 aliphatic rings. The Morgan fingerprint density at radius 1 is 0.458 bits per heavy atom. The number of hydrogen-bond donors (Lipinski definition) is 3. The van der Waals surface area contributed by atoms with Crippen molar-refractivity contribution in [2.75, 3.05) is 13.2 Å². The van der Waals surface area contributed by atoms with Gasteiger partial charge >= 0.3 is 5.97 Å². The highest BCUT2D eigenvalue weighted by Gasteiger charge is 2.20. The van der Waals surface area contributed by atoms with Gasteiger partial charge in [-0.15, -0.1) is 0 Å². The molecule has 0 rings (SSSR count). The van der Waals surface area contributed by atoms with E-state index in [0.29, 0.717) is 25.9 Å². The van der Waals surface area contributed by atoms with Crippen molar-refractivity contribution >= 4 is 11.9 Å². The van der Waals surface area contributed by atoms with Gasteiger partial charge in [0.05, 0.1) is 25.4 Å².